The van der Waals surface area contributed by atoms with Gasteiger partial charge in [-0.2, -0.15) is 0 Å². The summed E-state index contributed by atoms with van der Waals surface area (Å²) in [6, 6.07) is 0. The minimum atomic E-state index is 0.206. The van der Waals surface area contributed by atoms with Gasteiger partial charge in [-0.05, 0) is 128 Å². The van der Waals surface area contributed by atoms with Gasteiger partial charge in [0.25, 0.3) is 0 Å². The molecule has 6 aliphatic carbocycles. The average Bonchev–Trinajstić information content (AvgIpc) is 3.48. The number of aliphatic hydroxyl groups is 2. The van der Waals surface area contributed by atoms with Gasteiger partial charge in [0.15, 0.2) is 0 Å². The molecule has 218 valence electrons. The number of aliphatic imine (C=N–C) groups is 1. The number of allylic oxidation sites excluding steroid dienone is 6. The number of fused-ring (bicyclic) bond motifs is 2. The standard InChI is InChI=1S/C37H53NO2/c1-25-17-31-34(4)30(8-5-12-37(34)32(25)33(37,2)3)35(13-9-26(20-35)7-6-16-39)24-36(31)14-10-27(21-36)18-29(23-40)19-28-11-15-38-22-28/h5,11-12,17,22,26-27,29-30,32,39-40H,1,6-10,13-16,18-21,23-24H2,2-4H3/t26-,27+,29+,30-,32+,34-,35+,36+,37+/m1/s1. The van der Waals surface area contributed by atoms with E-state index >= 15 is 0 Å². The zero-order chi connectivity index (χ0) is 28.0. The summed E-state index contributed by atoms with van der Waals surface area (Å²) in [5.74, 6) is 3.10. The van der Waals surface area contributed by atoms with Crippen LogP contribution in [0, 0.1) is 56.7 Å². The van der Waals surface area contributed by atoms with Gasteiger partial charge in [0.1, 0.15) is 0 Å². The second-order valence-electron chi connectivity index (χ2n) is 16.2. The molecule has 0 aromatic heterocycles. The van der Waals surface area contributed by atoms with Gasteiger partial charge >= 0.3 is 0 Å². The third-order valence-electron chi connectivity index (χ3n) is 14.1. The summed E-state index contributed by atoms with van der Waals surface area (Å²) in [5, 5.41) is 20.0. The fourth-order valence-electron chi connectivity index (χ4n) is 13.0. The van der Waals surface area contributed by atoms with E-state index in [0.717, 1.165) is 37.6 Å². The summed E-state index contributed by atoms with van der Waals surface area (Å²) in [7, 11) is 0. The lowest BCUT2D eigenvalue weighted by atomic mass is 9.38. The molecule has 3 nitrogen and oxygen atoms in total. The molecule has 0 radical (unpaired) electrons. The molecule has 0 saturated heterocycles. The Hall–Kier alpha value is -1.45. The molecule has 4 fully saturated rings. The van der Waals surface area contributed by atoms with Crippen LogP contribution in [-0.2, 0) is 0 Å². The maximum Gasteiger partial charge on any atom is 0.0576 e. The molecule has 4 saturated carbocycles. The largest absolute Gasteiger partial charge is 0.396 e. The molecule has 0 aromatic rings. The van der Waals surface area contributed by atoms with E-state index in [1.54, 1.807) is 5.57 Å². The summed E-state index contributed by atoms with van der Waals surface area (Å²) < 4.78 is 0. The van der Waals surface area contributed by atoms with Crippen LogP contribution in [0.5, 0.6) is 0 Å². The molecule has 0 unspecified atom stereocenters. The summed E-state index contributed by atoms with van der Waals surface area (Å²) in [6.45, 7) is 14.0. The minimum absolute atomic E-state index is 0.206. The van der Waals surface area contributed by atoms with Gasteiger partial charge in [-0.3, -0.25) is 4.99 Å². The Morgan fingerprint density at radius 3 is 2.67 bits per heavy atom. The minimum Gasteiger partial charge on any atom is -0.396 e. The van der Waals surface area contributed by atoms with Crippen LogP contribution in [0.25, 0.3) is 0 Å². The SMILES string of the molecule is C=C1C=C2[C@]3(CC[C@@H](C[C@H](CO)CC4=CCN=C4)C3)C[C@@]3(CC[C@@H](CCCO)C3)[C@@H]3CC=C[C@@]4([C@@H]1C4(C)C)[C@@]23C. The monoisotopic (exact) mass is 543 g/mol. The van der Waals surface area contributed by atoms with E-state index in [-0.39, 0.29) is 28.3 Å². The summed E-state index contributed by atoms with van der Waals surface area (Å²) in [5.41, 5.74) is 5.89. The molecule has 7 rings (SSSR count). The molecule has 0 aromatic carbocycles. The third-order valence-corrected chi connectivity index (χ3v) is 14.1. The molecule has 0 bridgehead atoms. The maximum atomic E-state index is 10.4. The normalized spacial score (nSPS) is 46.5. The van der Waals surface area contributed by atoms with E-state index in [2.05, 4.69) is 50.1 Å². The Balaban J connectivity index is 1.25. The Bertz CT molecular complexity index is 1190. The fourth-order valence-corrected chi connectivity index (χ4v) is 13.0. The smallest absolute Gasteiger partial charge is 0.0576 e. The maximum absolute atomic E-state index is 10.4. The number of nitrogens with zero attached hydrogens (tertiary/aromatic N) is 1. The molecule has 3 heteroatoms. The fraction of sp³-hybridized carbons (Fsp3) is 0.757. The quantitative estimate of drug-likeness (QED) is 0.306. The number of rotatable bonds is 8. The van der Waals surface area contributed by atoms with Crippen molar-refractivity contribution in [3.63, 3.8) is 0 Å². The molecule has 7 aliphatic rings. The molecule has 2 N–H and O–H groups in total. The van der Waals surface area contributed by atoms with Crippen molar-refractivity contribution >= 4 is 6.21 Å². The van der Waals surface area contributed by atoms with Gasteiger partial charge in [-0.1, -0.05) is 62.8 Å². The molecule has 0 amide bonds. The highest BCUT2D eigenvalue weighted by atomic mass is 16.3. The van der Waals surface area contributed by atoms with Crippen molar-refractivity contribution in [1.82, 2.24) is 0 Å². The third kappa shape index (κ3) is 3.52. The van der Waals surface area contributed by atoms with E-state index in [4.69, 9.17) is 6.58 Å². The first-order valence-corrected chi connectivity index (χ1v) is 16.7. The van der Waals surface area contributed by atoms with E-state index in [1.165, 1.54) is 68.9 Å². The second-order valence-corrected chi connectivity index (χ2v) is 16.2. The first-order valence-electron chi connectivity index (χ1n) is 16.7. The molecular formula is C37H53NO2. The first-order chi connectivity index (χ1) is 19.2. The lowest BCUT2D eigenvalue weighted by Crippen LogP contribution is -2.58. The van der Waals surface area contributed by atoms with Gasteiger partial charge in [0, 0.05) is 30.3 Å². The van der Waals surface area contributed by atoms with Crippen LogP contribution in [0.4, 0.5) is 0 Å². The second kappa shape index (κ2) is 9.27. The number of hydrogen-bond donors (Lipinski definition) is 2. The van der Waals surface area contributed by atoms with Crippen molar-refractivity contribution in [2.45, 2.75) is 97.8 Å². The van der Waals surface area contributed by atoms with Crippen LogP contribution in [-0.4, -0.2) is 36.2 Å². The van der Waals surface area contributed by atoms with Crippen LogP contribution in [0.15, 0.2) is 52.6 Å². The predicted molar refractivity (Wildman–Crippen MR) is 164 cm³/mol. The average molecular weight is 544 g/mol. The van der Waals surface area contributed by atoms with Crippen molar-refractivity contribution in [1.29, 1.82) is 0 Å². The number of aliphatic hydroxyl groups excluding tert-OH is 2. The highest BCUT2D eigenvalue weighted by Crippen LogP contribution is 2.89. The van der Waals surface area contributed by atoms with Crippen molar-refractivity contribution in [3.8, 4) is 0 Å². The van der Waals surface area contributed by atoms with Crippen LogP contribution < -0.4 is 0 Å². The zero-order valence-corrected chi connectivity index (χ0v) is 25.4. The topological polar surface area (TPSA) is 52.8 Å². The van der Waals surface area contributed by atoms with E-state index in [9.17, 15) is 10.2 Å². The summed E-state index contributed by atoms with van der Waals surface area (Å²) in [4.78, 5) is 4.39. The predicted octanol–water partition coefficient (Wildman–Crippen LogP) is 7.86. The number of hydrogen-bond acceptors (Lipinski definition) is 3. The first kappa shape index (κ1) is 27.4. The molecule has 9 atom stereocenters. The van der Waals surface area contributed by atoms with Crippen molar-refractivity contribution in [2.24, 2.45) is 61.7 Å². The summed E-state index contributed by atoms with van der Waals surface area (Å²) >= 11 is 0. The van der Waals surface area contributed by atoms with Crippen molar-refractivity contribution in [2.75, 3.05) is 19.8 Å². The lowest BCUT2D eigenvalue weighted by molar-refractivity contribution is -0.0818. The molecule has 1 heterocycles. The van der Waals surface area contributed by atoms with Crippen LogP contribution in [0.2, 0.25) is 0 Å². The van der Waals surface area contributed by atoms with E-state index < -0.39 is 0 Å². The Kier molecular flexibility index (Phi) is 6.35. The van der Waals surface area contributed by atoms with Gasteiger partial charge in [-0.15, -0.1) is 0 Å². The van der Waals surface area contributed by atoms with Gasteiger partial charge < -0.3 is 10.2 Å². The molecule has 3 spiro atoms. The van der Waals surface area contributed by atoms with Gasteiger partial charge in [0.2, 0.25) is 0 Å². The molecule has 1 aliphatic heterocycles. The van der Waals surface area contributed by atoms with E-state index in [0.29, 0.717) is 29.8 Å². The summed E-state index contributed by atoms with van der Waals surface area (Å²) in [6.07, 6.45) is 27.1. The van der Waals surface area contributed by atoms with E-state index in [1.807, 2.05) is 6.21 Å². The van der Waals surface area contributed by atoms with Gasteiger partial charge in [-0.25, -0.2) is 0 Å². The lowest BCUT2D eigenvalue weighted by Gasteiger charge is -2.66. The van der Waals surface area contributed by atoms with Crippen LogP contribution in [0.1, 0.15) is 97.8 Å². The zero-order valence-electron chi connectivity index (χ0n) is 25.4. The molecule has 40 heavy (non-hydrogen) atoms. The Morgan fingerprint density at radius 1 is 1.10 bits per heavy atom. The highest BCUT2D eigenvalue weighted by Gasteiger charge is 2.83. The molecular weight excluding hydrogens is 490 g/mol. The van der Waals surface area contributed by atoms with Crippen molar-refractivity contribution < 1.29 is 10.2 Å². The van der Waals surface area contributed by atoms with Gasteiger partial charge in [0.05, 0.1) is 6.54 Å². The highest BCUT2D eigenvalue weighted by molar-refractivity contribution is 5.80. The van der Waals surface area contributed by atoms with Crippen LogP contribution >= 0.6 is 0 Å². The Morgan fingerprint density at radius 2 is 1.93 bits per heavy atom. The Labute approximate surface area is 243 Å². The van der Waals surface area contributed by atoms with Crippen molar-refractivity contribution in [3.05, 3.63) is 47.6 Å². The van der Waals surface area contributed by atoms with Crippen LogP contribution in [0.3, 0.4) is 0 Å².